The highest BCUT2D eigenvalue weighted by atomic mass is 32.2. The molecular formula is C21H21NO5S. The summed E-state index contributed by atoms with van der Waals surface area (Å²) < 4.78 is 33.2. The molecule has 0 heterocycles. The number of methoxy groups -OCH3 is 2. The summed E-state index contributed by atoms with van der Waals surface area (Å²) in [6.07, 6.45) is 2.42. The van der Waals surface area contributed by atoms with Crippen LogP contribution in [0.5, 0.6) is 5.75 Å². The molecule has 0 saturated carbocycles. The van der Waals surface area contributed by atoms with E-state index in [9.17, 15) is 13.2 Å². The number of esters is 1. The number of rotatable bonds is 5. The van der Waals surface area contributed by atoms with E-state index in [1.54, 1.807) is 25.3 Å². The summed E-state index contributed by atoms with van der Waals surface area (Å²) >= 11 is 0. The van der Waals surface area contributed by atoms with E-state index in [4.69, 9.17) is 14.6 Å². The van der Waals surface area contributed by atoms with Crippen LogP contribution in [0.4, 0.5) is 0 Å². The van der Waals surface area contributed by atoms with Gasteiger partial charge in [0.2, 0.25) is 10.0 Å². The minimum atomic E-state index is -3.78. The van der Waals surface area contributed by atoms with Gasteiger partial charge in [0.05, 0.1) is 24.7 Å². The fraction of sp³-hybridized carbons (Fsp3) is 0.190. The normalized spacial score (nSPS) is 14.1. The first-order valence-electron chi connectivity index (χ1n) is 8.55. The third-order valence-corrected chi connectivity index (χ3v) is 5.59. The van der Waals surface area contributed by atoms with Gasteiger partial charge in [-0.2, -0.15) is 0 Å². The summed E-state index contributed by atoms with van der Waals surface area (Å²) in [7, 11) is -0.851. The molecule has 146 valence electrons. The molecule has 0 bridgehead atoms. The summed E-state index contributed by atoms with van der Waals surface area (Å²) in [6, 6.07) is 11.8. The first kappa shape index (κ1) is 19.9. The van der Waals surface area contributed by atoms with Crippen LogP contribution in [0.25, 0.3) is 11.6 Å². The average Bonchev–Trinajstić information content (AvgIpc) is 2.99. The number of carbonyl (C=O) groups is 1. The molecule has 0 atom stereocenters. The maximum atomic E-state index is 12.6. The summed E-state index contributed by atoms with van der Waals surface area (Å²) in [6.45, 7) is 1.97. The lowest BCUT2D eigenvalue weighted by atomic mass is 9.95. The van der Waals surface area contributed by atoms with Crippen molar-refractivity contribution in [2.45, 2.75) is 18.2 Å². The Labute approximate surface area is 164 Å². The smallest absolute Gasteiger partial charge is 0.338 e. The van der Waals surface area contributed by atoms with E-state index in [-0.39, 0.29) is 4.90 Å². The lowest BCUT2D eigenvalue weighted by Gasteiger charge is -2.12. The van der Waals surface area contributed by atoms with Crippen LogP contribution >= 0.6 is 0 Å². The van der Waals surface area contributed by atoms with Crippen molar-refractivity contribution >= 4 is 27.6 Å². The van der Waals surface area contributed by atoms with Gasteiger partial charge < -0.3 is 9.47 Å². The molecule has 28 heavy (non-hydrogen) atoms. The third-order valence-electron chi connectivity index (χ3n) is 4.66. The van der Waals surface area contributed by atoms with Crippen LogP contribution in [0.3, 0.4) is 0 Å². The Bertz CT molecular complexity index is 1100. The van der Waals surface area contributed by atoms with Crippen molar-refractivity contribution in [3.63, 3.8) is 0 Å². The van der Waals surface area contributed by atoms with E-state index >= 15 is 0 Å². The Morgan fingerprint density at radius 2 is 1.79 bits per heavy atom. The number of sulfonamides is 1. The predicted molar refractivity (Wildman–Crippen MR) is 107 cm³/mol. The van der Waals surface area contributed by atoms with Gasteiger partial charge in [-0.3, -0.25) is 0 Å². The lowest BCUT2D eigenvalue weighted by Crippen LogP contribution is -2.11. The van der Waals surface area contributed by atoms with Gasteiger partial charge in [-0.05, 0) is 65.9 Å². The van der Waals surface area contributed by atoms with Gasteiger partial charge in [0.1, 0.15) is 5.75 Å². The zero-order valence-corrected chi connectivity index (χ0v) is 16.7. The van der Waals surface area contributed by atoms with Crippen molar-refractivity contribution in [2.75, 3.05) is 14.2 Å². The van der Waals surface area contributed by atoms with Gasteiger partial charge in [0.25, 0.3) is 0 Å². The molecule has 0 spiro atoms. The van der Waals surface area contributed by atoms with Crippen molar-refractivity contribution in [1.29, 1.82) is 0 Å². The zero-order chi connectivity index (χ0) is 20.5. The SMILES string of the molecule is COC(=O)C(=Cc1ccc(S(N)(=O)=O)cc1)C1=C(C)Cc2ccc(OC)cc21. The number of ether oxygens (including phenoxy) is 2. The molecular weight excluding hydrogens is 378 g/mol. The number of primary sulfonamides is 1. The lowest BCUT2D eigenvalue weighted by molar-refractivity contribution is -0.135. The van der Waals surface area contributed by atoms with E-state index in [1.165, 1.54) is 19.2 Å². The highest BCUT2D eigenvalue weighted by Crippen LogP contribution is 2.40. The van der Waals surface area contributed by atoms with Crippen LogP contribution in [0, 0.1) is 0 Å². The molecule has 0 fully saturated rings. The maximum absolute atomic E-state index is 12.6. The fourth-order valence-electron chi connectivity index (χ4n) is 3.31. The van der Waals surface area contributed by atoms with Gasteiger partial charge in [0, 0.05) is 0 Å². The molecule has 1 aliphatic carbocycles. The molecule has 0 radical (unpaired) electrons. The standard InChI is InChI=1S/C21H21NO5S/c1-13-10-15-6-7-16(26-2)12-18(15)20(13)19(21(23)27-3)11-14-4-8-17(9-5-14)28(22,24)25/h4-9,11-12H,10H2,1-3H3,(H2,22,24,25). The second-order valence-electron chi connectivity index (χ2n) is 6.52. The number of benzene rings is 2. The molecule has 2 N–H and O–H groups in total. The van der Waals surface area contributed by atoms with E-state index < -0.39 is 16.0 Å². The van der Waals surface area contributed by atoms with E-state index in [0.29, 0.717) is 16.9 Å². The van der Waals surface area contributed by atoms with Gasteiger partial charge in [0.15, 0.2) is 0 Å². The van der Waals surface area contributed by atoms with Crippen molar-refractivity contribution in [3.05, 3.63) is 70.3 Å². The second-order valence-corrected chi connectivity index (χ2v) is 8.08. The second kappa shape index (κ2) is 7.61. The molecule has 2 aromatic rings. The van der Waals surface area contributed by atoms with Crippen molar-refractivity contribution < 1.29 is 22.7 Å². The topological polar surface area (TPSA) is 95.7 Å². The molecule has 0 saturated heterocycles. The minimum Gasteiger partial charge on any atom is -0.497 e. The number of nitrogens with two attached hydrogens (primary N) is 1. The van der Waals surface area contributed by atoms with Gasteiger partial charge >= 0.3 is 5.97 Å². The van der Waals surface area contributed by atoms with Gasteiger partial charge in [-0.15, -0.1) is 0 Å². The van der Waals surface area contributed by atoms with Crippen LogP contribution in [0.1, 0.15) is 23.6 Å². The predicted octanol–water partition coefficient (Wildman–Crippen LogP) is 2.93. The third kappa shape index (κ3) is 3.85. The van der Waals surface area contributed by atoms with Gasteiger partial charge in [-0.25, -0.2) is 18.4 Å². The zero-order valence-electron chi connectivity index (χ0n) is 15.9. The monoisotopic (exact) mass is 399 g/mol. The largest absolute Gasteiger partial charge is 0.497 e. The molecule has 1 aliphatic rings. The highest BCUT2D eigenvalue weighted by Gasteiger charge is 2.26. The molecule has 3 rings (SSSR count). The molecule has 0 amide bonds. The molecule has 0 aliphatic heterocycles. The summed E-state index contributed by atoms with van der Waals surface area (Å²) in [5.74, 6) is 0.230. The average molecular weight is 399 g/mol. The first-order valence-corrected chi connectivity index (χ1v) is 10.1. The Hall–Kier alpha value is -2.90. The Kier molecular flexibility index (Phi) is 5.40. The molecule has 2 aromatic carbocycles. The van der Waals surface area contributed by atoms with Crippen LogP contribution < -0.4 is 9.88 Å². The van der Waals surface area contributed by atoms with Crippen molar-refractivity contribution in [2.24, 2.45) is 5.14 Å². The van der Waals surface area contributed by atoms with Crippen LogP contribution in [0.15, 0.2) is 58.5 Å². The number of allylic oxidation sites excluding steroid dienone is 1. The van der Waals surface area contributed by atoms with E-state index in [2.05, 4.69) is 0 Å². The quantitative estimate of drug-likeness (QED) is 0.616. The number of hydrogen-bond donors (Lipinski definition) is 1. The Morgan fingerprint density at radius 3 is 2.36 bits per heavy atom. The maximum Gasteiger partial charge on any atom is 0.338 e. The molecule has 7 heteroatoms. The van der Waals surface area contributed by atoms with Crippen LogP contribution in [-0.4, -0.2) is 28.6 Å². The Morgan fingerprint density at radius 1 is 1.11 bits per heavy atom. The minimum absolute atomic E-state index is 0.00983. The number of fused-ring (bicyclic) bond motifs is 1. The summed E-state index contributed by atoms with van der Waals surface area (Å²) in [5, 5.41) is 5.14. The molecule has 0 unspecified atom stereocenters. The van der Waals surface area contributed by atoms with Crippen molar-refractivity contribution in [1.82, 2.24) is 0 Å². The Balaban J connectivity index is 2.11. The van der Waals surface area contributed by atoms with E-state index in [0.717, 1.165) is 28.7 Å². The van der Waals surface area contributed by atoms with Gasteiger partial charge in [-0.1, -0.05) is 23.8 Å². The molecule has 6 nitrogen and oxygen atoms in total. The van der Waals surface area contributed by atoms with Crippen LogP contribution in [-0.2, 0) is 26.0 Å². The summed E-state index contributed by atoms with van der Waals surface area (Å²) in [4.78, 5) is 12.6. The fourth-order valence-corrected chi connectivity index (χ4v) is 3.83. The molecule has 0 aromatic heterocycles. The first-order chi connectivity index (χ1) is 13.2. The highest BCUT2D eigenvalue weighted by molar-refractivity contribution is 7.89. The van der Waals surface area contributed by atoms with Crippen LogP contribution in [0.2, 0.25) is 0 Å². The van der Waals surface area contributed by atoms with E-state index in [1.807, 2.05) is 25.1 Å². The van der Waals surface area contributed by atoms with Crippen molar-refractivity contribution in [3.8, 4) is 5.75 Å². The summed E-state index contributed by atoms with van der Waals surface area (Å²) in [5.41, 5.74) is 4.93. The number of hydrogen-bond acceptors (Lipinski definition) is 5. The number of carbonyl (C=O) groups excluding carboxylic acids is 1.